The maximum absolute atomic E-state index is 11.4. The highest BCUT2D eigenvalue weighted by Gasteiger charge is 2.66. The molecule has 16 heavy (non-hydrogen) atoms. The quantitative estimate of drug-likeness (QED) is 0.669. The third-order valence-corrected chi connectivity index (χ3v) is 4.33. The summed E-state index contributed by atoms with van der Waals surface area (Å²) in [5.74, 6) is 0. The molecule has 0 spiro atoms. The highest BCUT2D eigenvalue weighted by molar-refractivity contribution is 5.70. The molecule has 2 heterocycles. The number of carbonyl (C=O) groups excluding carboxylic acids is 1. The van der Waals surface area contributed by atoms with Crippen molar-refractivity contribution in [3.05, 3.63) is 23.8 Å². The van der Waals surface area contributed by atoms with Crippen LogP contribution in [0.1, 0.15) is 40.5 Å². The molecule has 0 aliphatic carbocycles. The Labute approximate surface area is 97.4 Å². The van der Waals surface area contributed by atoms with E-state index in [9.17, 15) is 4.79 Å². The minimum atomic E-state index is -0.602. The van der Waals surface area contributed by atoms with Crippen molar-refractivity contribution in [2.75, 3.05) is 0 Å². The molecule has 2 rings (SSSR count). The molecule has 2 heteroatoms. The van der Waals surface area contributed by atoms with Crippen LogP contribution in [-0.2, 0) is 9.53 Å². The van der Waals surface area contributed by atoms with E-state index in [2.05, 4.69) is 26.8 Å². The first-order valence-electron chi connectivity index (χ1n) is 5.92. The van der Waals surface area contributed by atoms with Gasteiger partial charge in [-0.1, -0.05) is 32.1 Å². The molecule has 0 aromatic carbocycles. The van der Waals surface area contributed by atoms with Crippen LogP contribution >= 0.6 is 0 Å². The molecular formula is C14H20O2. The molecule has 0 radical (unpaired) electrons. The summed E-state index contributed by atoms with van der Waals surface area (Å²) in [4.78, 5) is 11.4. The summed E-state index contributed by atoms with van der Waals surface area (Å²) in [6, 6.07) is 0. The zero-order chi connectivity index (χ0) is 12.0. The zero-order valence-corrected chi connectivity index (χ0v) is 10.5. The second kappa shape index (κ2) is 3.30. The summed E-state index contributed by atoms with van der Waals surface area (Å²) in [6.07, 6.45) is 8.95. The molecule has 0 aromatic heterocycles. The van der Waals surface area contributed by atoms with Gasteiger partial charge in [0.25, 0.3) is 0 Å². The van der Waals surface area contributed by atoms with Gasteiger partial charge in [-0.15, -0.1) is 0 Å². The first-order valence-corrected chi connectivity index (χ1v) is 5.92. The molecular weight excluding hydrogens is 200 g/mol. The Bertz CT molecular complexity index is 378. The van der Waals surface area contributed by atoms with E-state index >= 15 is 0 Å². The lowest BCUT2D eigenvalue weighted by molar-refractivity contribution is -0.134. The Hall–Kier alpha value is -0.890. The SMILES string of the molecule is CC=CC=C1C2(C)CCC(C=O)(O2)C1(C)C. The van der Waals surface area contributed by atoms with Crippen molar-refractivity contribution in [1.29, 1.82) is 0 Å². The molecule has 2 aliphatic heterocycles. The van der Waals surface area contributed by atoms with Crippen LogP contribution in [0, 0.1) is 5.41 Å². The minimum Gasteiger partial charge on any atom is -0.356 e. The fraction of sp³-hybridized carbons (Fsp3) is 0.643. The predicted octanol–water partition coefficient (Wildman–Crippen LogP) is 3.04. The van der Waals surface area contributed by atoms with Crippen molar-refractivity contribution in [2.24, 2.45) is 5.41 Å². The molecule has 0 amide bonds. The van der Waals surface area contributed by atoms with Crippen LogP contribution in [0.25, 0.3) is 0 Å². The number of hydrogen-bond donors (Lipinski definition) is 0. The van der Waals surface area contributed by atoms with E-state index in [0.717, 1.165) is 19.1 Å². The van der Waals surface area contributed by atoms with E-state index in [0.29, 0.717) is 0 Å². The maximum atomic E-state index is 11.4. The van der Waals surface area contributed by atoms with Crippen molar-refractivity contribution in [2.45, 2.75) is 51.7 Å². The lowest BCUT2D eigenvalue weighted by Gasteiger charge is -2.37. The molecule has 88 valence electrons. The van der Waals surface area contributed by atoms with Gasteiger partial charge in [-0.3, -0.25) is 0 Å². The van der Waals surface area contributed by atoms with Gasteiger partial charge in [0.05, 0.1) is 5.60 Å². The largest absolute Gasteiger partial charge is 0.356 e. The summed E-state index contributed by atoms with van der Waals surface area (Å²) in [5.41, 5.74) is 0.205. The smallest absolute Gasteiger partial charge is 0.152 e. The Morgan fingerprint density at radius 3 is 2.44 bits per heavy atom. The van der Waals surface area contributed by atoms with Gasteiger partial charge in [-0.05, 0) is 32.3 Å². The van der Waals surface area contributed by atoms with Gasteiger partial charge < -0.3 is 9.53 Å². The lowest BCUT2D eigenvalue weighted by Crippen LogP contribution is -2.43. The normalized spacial score (nSPS) is 43.4. The first-order chi connectivity index (χ1) is 7.42. The van der Waals surface area contributed by atoms with E-state index < -0.39 is 5.60 Å². The van der Waals surface area contributed by atoms with Gasteiger partial charge in [0, 0.05) is 5.41 Å². The first kappa shape index (κ1) is 11.6. The molecule has 2 atom stereocenters. The van der Waals surface area contributed by atoms with Crippen LogP contribution in [0.2, 0.25) is 0 Å². The number of rotatable bonds is 2. The minimum absolute atomic E-state index is 0.193. The Balaban J connectivity index is 2.53. The Morgan fingerprint density at radius 1 is 1.25 bits per heavy atom. The van der Waals surface area contributed by atoms with Gasteiger partial charge >= 0.3 is 0 Å². The summed E-state index contributed by atoms with van der Waals surface area (Å²) < 4.78 is 6.05. The van der Waals surface area contributed by atoms with Gasteiger partial charge in [0.1, 0.15) is 5.60 Å². The van der Waals surface area contributed by atoms with Gasteiger partial charge in [0.15, 0.2) is 6.29 Å². The second-order valence-electron chi connectivity index (χ2n) is 5.57. The summed E-state index contributed by atoms with van der Waals surface area (Å²) in [6.45, 7) is 8.32. The van der Waals surface area contributed by atoms with Gasteiger partial charge in [0.2, 0.25) is 0 Å². The van der Waals surface area contributed by atoms with Crippen LogP contribution in [0.4, 0.5) is 0 Å². The van der Waals surface area contributed by atoms with Crippen LogP contribution < -0.4 is 0 Å². The van der Waals surface area contributed by atoms with Crippen molar-refractivity contribution in [3.8, 4) is 0 Å². The fourth-order valence-electron chi connectivity index (χ4n) is 3.25. The lowest BCUT2D eigenvalue weighted by atomic mass is 9.62. The number of ether oxygens (including phenoxy) is 1. The maximum Gasteiger partial charge on any atom is 0.152 e. The molecule has 2 nitrogen and oxygen atoms in total. The average Bonchev–Trinajstić information content (AvgIpc) is 2.65. The van der Waals surface area contributed by atoms with Crippen LogP contribution in [0.3, 0.4) is 0 Å². The fourth-order valence-corrected chi connectivity index (χ4v) is 3.25. The molecule has 2 aliphatic rings. The van der Waals surface area contributed by atoms with Crippen LogP contribution in [0.5, 0.6) is 0 Å². The van der Waals surface area contributed by atoms with E-state index in [1.807, 2.05) is 19.1 Å². The number of carbonyl (C=O) groups is 1. The number of hydrogen-bond acceptors (Lipinski definition) is 2. The molecule has 0 saturated carbocycles. The Morgan fingerprint density at radius 2 is 1.94 bits per heavy atom. The van der Waals surface area contributed by atoms with Gasteiger partial charge in [-0.2, -0.15) is 0 Å². The average molecular weight is 220 g/mol. The standard InChI is InChI=1S/C14H20O2/c1-5-6-7-11-12(2,3)14(10-15)9-8-13(11,4)16-14/h5-7,10H,8-9H2,1-4H3. The van der Waals surface area contributed by atoms with Crippen molar-refractivity contribution >= 4 is 6.29 Å². The molecule has 2 bridgehead atoms. The Kier molecular flexibility index (Phi) is 2.39. The molecule has 0 aromatic rings. The van der Waals surface area contributed by atoms with Crippen LogP contribution in [-0.4, -0.2) is 17.5 Å². The molecule has 2 unspecified atom stereocenters. The topological polar surface area (TPSA) is 26.3 Å². The van der Waals surface area contributed by atoms with E-state index in [1.165, 1.54) is 5.57 Å². The predicted molar refractivity (Wildman–Crippen MR) is 64.2 cm³/mol. The summed E-state index contributed by atoms with van der Waals surface area (Å²) in [5, 5.41) is 0. The number of aldehydes is 1. The van der Waals surface area contributed by atoms with E-state index in [4.69, 9.17) is 4.74 Å². The van der Waals surface area contributed by atoms with Crippen LogP contribution in [0.15, 0.2) is 23.8 Å². The van der Waals surface area contributed by atoms with Crippen molar-refractivity contribution in [1.82, 2.24) is 0 Å². The van der Waals surface area contributed by atoms with E-state index in [1.54, 1.807) is 0 Å². The third-order valence-electron chi connectivity index (χ3n) is 4.33. The zero-order valence-electron chi connectivity index (χ0n) is 10.5. The van der Waals surface area contributed by atoms with Gasteiger partial charge in [-0.25, -0.2) is 0 Å². The monoisotopic (exact) mass is 220 g/mol. The van der Waals surface area contributed by atoms with Crippen molar-refractivity contribution < 1.29 is 9.53 Å². The number of allylic oxidation sites excluding steroid dienone is 3. The molecule has 2 fully saturated rings. The third kappa shape index (κ3) is 1.20. The van der Waals surface area contributed by atoms with Crippen molar-refractivity contribution in [3.63, 3.8) is 0 Å². The molecule has 2 saturated heterocycles. The second-order valence-corrected chi connectivity index (χ2v) is 5.57. The summed E-state index contributed by atoms with van der Waals surface area (Å²) in [7, 11) is 0. The number of fused-ring (bicyclic) bond motifs is 2. The highest BCUT2D eigenvalue weighted by Crippen LogP contribution is 2.62. The summed E-state index contributed by atoms with van der Waals surface area (Å²) >= 11 is 0. The van der Waals surface area contributed by atoms with E-state index in [-0.39, 0.29) is 11.0 Å². The molecule has 0 N–H and O–H groups in total. The highest BCUT2D eigenvalue weighted by atomic mass is 16.5.